The topological polar surface area (TPSA) is 0 Å². The summed E-state index contributed by atoms with van der Waals surface area (Å²) in [5.41, 5.74) is 0. The van der Waals surface area contributed by atoms with Crippen molar-refractivity contribution in [3.05, 3.63) is 22.2 Å². The molecular weight excluding hydrogens is 326 g/mol. The summed E-state index contributed by atoms with van der Waals surface area (Å²) in [5, 5.41) is 0. The number of rotatable bonds is 0. The minimum atomic E-state index is 0. The Morgan fingerprint density at radius 3 is 2.12 bits per heavy atom. The van der Waals surface area contributed by atoms with Gasteiger partial charge in [-0.3, -0.25) is 0 Å². The molecule has 0 spiro atoms. The molecule has 0 aromatic carbocycles. The van der Waals surface area contributed by atoms with Gasteiger partial charge in [0.1, 0.15) is 0 Å². The van der Waals surface area contributed by atoms with E-state index in [0.29, 0.717) is 0 Å². The Balaban J connectivity index is 0. The number of halogens is 2. The molecule has 0 saturated heterocycles. The van der Waals surface area contributed by atoms with E-state index in [1.807, 2.05) is 0 Å². The van der Waals surface area contributed by atoms with Crippen molar-refractivity contribution in [3.63, 3.8) is 0 Å². The van der Waals surface area contributed by atoms with E-state index in [1.165, 1.54) is 3.96 Å². The second kappa shape index (κ2) is 5.88. The van der Waals surface area contributed by atoms with E-state index >= 15 is 0 Å². The molecule has 8 heavy (non-hydrogen) atoms. The molecule has 0 saturated carbocycles. The summed E-state index contributed by atoms with van der Waals surface area (Å²) in [6.45, 7) is 0. The van der Waals surface area contributed by atoms with Gasteiger partial charge in [-0.2, -0.15) is 0 Å². The molecule has 0 aliphatic heterocycles. The number of hydrogen-bond acceptors (Lipinski definition) is 0. The van der Waals surface area contributed by atoms with Crippen LogP contribution in [0.25, 0.3) is 0 Å². The van der Waals surface area contributed by atoms with E-state index in [4.69, 9.17) is 0 Å². The zero-order valence-electron chi connectivity index (χ0n) is 4.07. The molecule has 1 aliphatic carbocycles. The van der Waals surface area contributed by atoms with Crippen molar-refractivity contribution in [2.75, 3.05) is 0 Å². The van der Waals surface area contributed by atoms with Crippen LogP contribution in [0.4, 0.5) is 0 Å². The maximum absolute atomic E-state index is 2.32. The Morgan fingerprint density at radius 2 is 2.00 bits per heavy atom. The van der Waals surface area contributed by atoms with Crippen LogP contribution in [-0.2, 0) is 19.8 Å². The summed E-state index contributed by atoms with van der Waals surface area (Å²) >= 11 is 2.32. The summed E-state index contributed by atoms with van der Waals surface area (Å²) in [5.74, 6) is 0. The molecule has 0 N–H and O–H groups in total. The molecule has 0 fully saturated rings. The Bertz CT molecular complexity index is 107. The van der Waals surface area contributed by atoms with Crippen molar-refractivity contribution in [2.24, 2.45) is 0 Å². The first kappa shape index (κ1) is 11.5. The molecule has 3 heteroatoms. The number of allylic oxidation sites excluding steroid dienone is 4. The summed E-state index contributed by atoms with van der Waals surface area (Å²) in [6, 6.07) is 0. The van der Waals surface area contributed by atoms with Gasteiger partial charge in [-0.25, -0.2) is 0 Å². The van der Waals surface area contributed by atoms with Crippen LogP contribution in [-0.4, -0.2) is 0 Å². The van der Waals surface area contributed by atoms with Crippen molar-refractivity contribution in [1.29, 1.82) is 0 Å². The van der Waals surface area contributed by atoms with E-state index in [-0.39, 0.29) is 24.8 Å². The van der Waals surface area contributed by atoms with Crippen molar-refractivity contribution >= 4 is 24.8 Å². The van der Waals surface area contributed by atoms with Crippen LogP contribution < -0.4 is 0 Å². The molecular formula is C5H7Cl2Pt. The molecule has 0 amide bonds. The molecule has 1 rings (SSSR count). The third kappa shape index (κ3) is 3.71. The second-order valence-electron chi connectivity index (χ2n) is 1.21. The first-order valence-corrected chi connectivity index (χ1v) is 3.01. The fourth-order valence-corrected chi connectivity index (χ4v) is 0.894. The normalized spacial score (nSPS) is 14.0. The second-order valence-corrected chi connectivity index (χ2v) is 2.67. The summed E-state index contributed by atoms with van der Waals surface area (Å²) in [7, 11) is 0. The zero-order chi connectivity index (χ0) is 4.41. The first-order valence-electron chi connectivity index (χ1n) is 1.88. The molecule has 0 heterocycles. The molecule has 0 bridgehead atoms. The van der Waals surface area contributed by atoms with Crippen LogP contribution in [0.15, 0.2) is 22.2 Å². The monoisotopic (exact) mass is 332 g/mol. The van der Waals surface area contributed by atoms with Gasteiger partial charge in [0.05, 0.1) is 0 Å². The van der Waals surface area contributed by atoms with E-state index in [2.05, 4.69) is 38.0 Å². The van der Waals surface area contributed by atoms with Gasteiger partial charge >= 0.3 is 48.4 Å². The molecule has 0 aromatic heterocycles. The molecule has 1 aliphatic rings. The Labute approximate surface area is 73.1 Å². The molecule has 0 aromatic rings. The average Bonchev–Trinajstić information content (AvgIpc) is 1.86. The zero-order valence-corrected chi connectivity index (χ0v) is 7.98. The Morgan fingerprint density at radius 1 is 1.38 bits per heavy atom. The van der Waals surface area contributed by atoms with Gasteiger partial charge in [-0.05, 0) is 0 Å². The van der Waals surface area contributed by atoms with Crippen LogP contribution in [0.2, 0.25) is 0 Å². The van der Waals surface area contributed by atoms with Crippen LogP contribution >= 0.6 is 24.8 Å². The summed E-state index contributed by atoms with van der Waals surface area (Å²) < 4.78 is 1.44. The van der Waals surface area contributed by atoms with E-state index in [0.717, 1.165) is 6.42 Å². The molecule has 51 valence electrons. The van der Waals surface area contributed by atoms with Crippen LogP contribution in [0.3, 0.4) is 0 Å². The van der Waals surface area contributed by atoms with Gasteiger partial charge in [0.2, 0.25) is 0 Å². The van der Waals surface area contributed by atoms with Gasteiger partial charge in [0, 0.05) is 0 Å². The summed E-state index contributed by atoms with van der Waals surface area (Å²) in [6.07, 6.45) is 7.52. The SMILES string of the molecule is Cl.Cl.[Pt][C]1=CC=CC1. The van der Waals surface area contributed by atoms with Crippen molar-refractivity contribution in [1.82, 2.24) is 0 Å². The Kier molecular flexibility index (Phi) is 8.47. The third-order valence-electron chi connectivity index (χ3n) is 0.703. The molecule has 0 radical (unpaired) electrons. The van der Waals surface area contributed by atoms with E-state index in [1.54, 1.807) is 0 Å². The third-order valence-corrected chi connectivity index (χ3v) is 1.55. The molecule has 0 nitrogen and oxygen atoms in total. The van der Waals surface area contributed by atoms with Crippen molar-refractivity contribution in [3.8, 4) is 0 Å². The molecule has 0 atom stereocenters. The quantitative estimate of drug-likeness (QED) is 0.638. The fourth-order valence-electron chi connectivity index (χ4n) is 0.408. The van der Waals surface area contributed by atoms with Crippen LogP contribution in [0.5, 0.6) is 0 Å². The van der Waals surface area contributed by atoms with Gasteiger partial charge in [0.15, 0.2) is 0 Å². The molecule has 0 unspecified atom stereocenters. The van der Waals surface area contributed by atoms with Crippen molar-refractivity contribution in [2.45, 2.75) is 6.42 Å². The predicted octanol–water partition coefficient (Wildman–Crippen LogP) is 2.22. The van der Waals surface area contributed by atoms with Crippen LogP contribution in [0.1, 0.15) is 6.42 Å². The minimum absolute atomic E-state index is 0. The van der Waals surface area contributed by atoms with Crippen molar-refractivity contribution < 1.29 is 19.8 Å². The van der Waals surface area contributed by atoms with Gasteiger partial charge < -0.3 is 0 Å². The first-order chi connectivity index (χ1) is 2.89. The predicted molar refractivity (Wildman–Crippen MR) is 36.3 cm³/mol. The van der Waals surface area contributed by atoms with Crippen LogP contribution in [0, 0.1) is 0 Å². The number of hydrogen-bond donors (Lipinski definition) is 0. The fraction of sp³-hybridized carbons (Fsp3) is 0.200. The average molecular weight is 333 g/mol. The Hall–Kier alpha value is 0.748. The standard InChI is InChI=1S/C5H5.2ClH.Pt/c1-2-4-5-3-1;;;/h1-3H,4H2;2*1H;. The van der Waals surface area contributed by atoms with Gasteiger partial charge in [-0.1, -0.05) is 0 Å². The van der Waals surface area contributed by atoms with Gasteiger partial charge in [-0.15, -0.1) is 24.8 Å². The van der Waals surface area contributed by atoms with Gasteiger partial charge in [0.25, 0.3) is 0 Å². The van der Waals surface area contributed by atoms with E-state index in [9.17, 15) is 0 Å². The maximum atomic E-state index is 2.32. The summed E-state index contributed by atoms with van der Waals surface area (Å²) in [4.78, 5) is 0. The van der Waals surface area contributed by atoms with E-state index < -0.39 is 0 Å².